The van der Waals surface area contributed by atoms with Crippen LogP contribution in [0.4, 0.5) is 0 Å². The molecule has 10 rings (SSSR count). The molecule has 2 aliphatic carbocycles. The highest BCUT2D eigenvalue weighted by molar-refractivity contribution is 6.56. The van der Waals surface area contributed by atoms with Crippen molar-refractivity contribution in [3.05, 3.63) is 209 Å². The number of hydrogen-bond acceptors (Lipinski definition) is 5. The van der Waals surface area contributed by atoms with Crippen LogP contribution in [0.25, 0.3) is 45.3 Å². The number of carbonyl (C=O) groups excluding carboxylic acids is 2. The van der Waals surface area contributed by atoms with Gasteiger partial charge in [0.25, 0.3) is 0 Å². The van der Waals surface area contributed by atoms with E-state index in [2.05, 4.69) is 65.2 Å². The van der Waals surface area contributed by atoms with Crippen LogP contribution in [-0.4, -0.2) is 32.5 Å². The van der Waals surface area contributed by atoms with E-state index in [1.165, 1.54) is 0 Å². The minimum Gasteiger partial charge on any atom is -0.306 e. The van der Waals surface area contributed by atoms with Crippen LogP contribution in [0.3, 0.4) is 0 Å². The van der Waals surface area contributed by atoms with Gasteiger partial charge in [-0.2, -0.15) is 0 Å². The van der Waals surface area contributed by atoms with E-state index in [4.69, 9.17) is 15.0 Å². The van der Waals surface area contributed by atoms with Crippen molar-refractivity contribution in [1.29, 1.82) is 0 Å². The van der Waals surface area contributed by atoms with E-state index in [-0.39, 0.29) is 11.6 Å². The maximum absolute atomic E-state index is 12.8. The highest BCUT2D eigenvalue weighted by Crippen LogP contribution is 2.51. The van der Waals surface area contributed by atoms with Crippen LogP contribution >= 0.6 is 0 Å². The summed E-state index contributed by atoms with van der Waals surface area (Å²) in [6.45, 7) is 0. The monoisotopic (exact) mass is 694 g/mol. The Kier molecular flexibility index (Phi) is 7.23. The average molecular weight is 695 g/mol. The fraction of sp³-hybridized carbons (Fsp3) is 0.0208. The third-order valence-corrected chi connectivity index (χ3v) is 10.3. The predicted molar refractivity (Wildman–Crippen MR) is 214 cm³/mol. The van der Waals surface area contributed by atoms with E-state index in [1.807, 2.05) is 97.1 Å². The zero-order chi connectivity index (χ0) is 36.2. The average Bonchev–Trinajstić information content (AvgIpc) is 3.92. The molecule has 3 heterocycles. The van der Waals surface area contributed by atoms with Crippen LogP contribution in [-0.2, 0) is 15.1 Å². The largest absolute Gasteiger partial charge is 0.306 e. The summed E-state index contributed by atoms with van der Waals surface area (Å²) in [7, 11) is 0. The summed E-state index contributed by atoms with van der Waals surface area (Å²) in [5.74, 6) is 1.19. The Bertz CT molecular complexity index is 2780. The van der Waals surface area contributed by atoms with Gasteiger partial charge >= 0.3 is 0 Å². The third-order valence-electron chi connectivity index (χ3n) is 10.3. The molecule has 0 unspecified atom stereocenters. The number of rotatable bonds is 4. The van der Waals surface area contributed by atoms with Gasteiger partial charge in [-0.1, -0.05) is 133 Å². The second-order valence-corrected chi connectivity index (χ2v) is 13.5. The normalized spacial score (nSPS) is 16.2. The smallest absolute Gasteiger partial charge is 0.178 e. The number of ketones is 2. The quantitative estimate of drug-likeness (QED) is 0.191. The Morgan fingerprint density at radius 2 is 1.00 bits per heavy atom. The van der Waals surface area contributed by atoms with Gasteiger partial charge < -0.3 is 4.57 Å². The Hall–Kier alpha value is -7.31. The van der Waals surface area contributed by atoms with Crippen molar-refractivity contribution in [1.82, 2.24) is 9.55 Å². The van der Waals surface area contributed by atoms with Crippen molar-refractivity contribution in [3.63, 3.8) is 0 Å². The molecule has 0 bridgehead atoms. The zero-order valence-corrected chi connectivity index (χ0v) is 28.9. The molecule has 4 aliphatic rings. The number of hydrogen-bond donors (Lipinski definition) is 0. The topological polar surface area (TPSA) is 76.7 Å². The SMILES string of the molecule is O=C1C=CC(=c2cc3c(cc2=C2N=C(c4ccccc4)C(c4ccccc4)=N2)C2(C=CC(=O)C=C2)n2c-3nc(-c3ccccc3)c2-c2ccccc2)C=C1. The Labute approximate surface area is 311 Å². The Morgan fingerprint density at radius 1 is 0.500 bits per heavy atom. The lowest BCUT2D eigenvalue weighted by molar-refractivity contribution is -0.111. The van der Waals surface area contributed by atoms with E-state index >= 15 is 0 Å². The first-order chi connectivity index (χ1) is 26.6. The second kappa shape index (κ2) is 12.4. The molecule has 1 spiro atoms. The third kappa shape index (κ3) is 4.99. The molecule has 6 aromatic rings. The molecule has 0 fully saturated rings. The van der Waals surface area contributed by atoms with Crippen LogP contribution in [0.5, 0.6) is 0 Å². The van der Waals surface area contributed by atoms with Gasteiger partial charge in [0, 0.05) is 33.0 Å². The number of aromatic nitrogens is 2. The molecule has 6 heteroatoms. The molecule has 0 amide bonds. The van der Waals surface area contributed by atoms with E-state index in [1.54, 1.807) is 24.3 Å². The molecule has 0 radical (unpaired) electrons. The summed E-state index contributed by atoms with van der Waals surface area (Å²) in [5, 5.41) is 1.67. The number of imidazole rings is 1. The summed E-state index contributed by atoms with van der Waals surface area (Å²) < 4.78 is 2.26. The molecular formula is C48H30N4O2. The van der Waals surface area contributed by atoms with Gasteiger partial charge in [0.2, 0.25) is 0 Å². The fourth-order valence-corrected chi connectivity index (χ4v) is 7.83. The molecular weight excluding hydrogens is 665 g/mol. The van der Waals surface area contributed by atoms with Gasteiger partial charge in [-0.15, -0.1) is 0 Å². The van der Waals surface area contributed by atoms with Crippen molar-refractivity contribution in [2.75, 3.05) is 0 Å². The number of nitrogens with zero attached hydrogens (tertiary/aromatic N) is 4. The summed E-state index contributed by atoms with van der Waals surface area (Å²) in [5.41, 5.74) is 9.11. The Morgan fingerprint density at radius 3 is 1.56 bits per heavy atom. The molecule has 0 saturated heterocycles. The highest BCUT2D eigenvalue weighted by atomic mass is 16.1. The van der Waals surface area contributed by atoms with Crippen molar-refractivity contribution in [3.8, 4) is 33.9 Å². The first kappa shape index (κ1) is 31.4. The molecule has 1 aromatic heterocycles. The van der Waals surface area contributed by atoms with E-state index < -0.39 is 5.54 Å². The number of fused-ring (bicyclic) bond motifs is 5. The first-order valence-corrected chi connectivity index (χ1v) is 17.9. The van der Waals surface area contributed by atoms with Crippen LogP contribution in [0.1, 0.15) is 16.7 Å². The maximum atomic E-state index is 12.8. The van der Waals surface area contributed by atoms with Gasteiger partial charge in [0.05, 0.1) is 22.8 Å². The summed E-state index contributed by atoms with van der Waals surface area (Å²) in [6, 6.07) is 45.0. The Balaban J connectivity index is 1.34. The number of allylic oxidation sites excluding steroid dienone is 8. The number of benzene rings is 5. The van der Waals surface area contributed by atoms with Gasteiger partial charge in [0.15, 0.2) is 17.4 Å². The highest BCUT2D eigenvalue weighted by Gasteiger charge is 2.45. The van der Waals surface area contributed by atoms with E-state index in [0.717, 1.165) is 78.0 Å². The molecule has 0 N–H and O–H groups in total. The minimum atomic E-state index is -0.882. The van der Waals surface area contributed by atoms with Crippen molar-refractivity contribution < 1.29 is 9.59 Å². The van der Waals surface area contributed by atoms with Crippen molar-refractivity contribution >= 4 is 34.4 Å². The molecule has 5 aromatic carbocycles. The predicted octanol–water partition coefficient (Wildman–Crippen LogP) is 7.54. The summed E-state index contributed by atoms with van der Waals surface area (Å²) in [4.78, 5) is 41.2. The number of aliphatic imine (C=N–C) groups is 2. The first-order valence-electron chi connectivity index (χ1n) is 17.9. The van der Waals surface area contributed by atoms with Crippen LogP contribution in [0.2, 0.25) is 0 Å². The van der Waals surface area contributed by atoms with Crippen LogP contribution in [0, 0.1) is 0 Å². The van der Waals surface area contributed by atoms with Crippen LogP contribution < -0.4 is 10.4 Å². The van der Waals surface area contributed by atoms with E-state index in [0.29, 0.717) is 5.82 Å². The molecule has 54 heavy (non-hydrogen) atoms. The fourth-order valence-electron chi connectivity index (χ4n) is 7.83. The van der Waals surface area contributed by atoms with Crippen LogP contribution in [0.15, 0.2) is 192 Å². The molecule has 6 nitrogen and oxygen atoms in total. The summed E-state index contributed by atoms with van der Waals surface area (Å²) >= 11 is 0. The van der Waals surface area contributed by atoms with Gasteiger partial charge in [-0.25, -0.2) is 15.0 Å². The summed E-state index contributed by atoms with van der Waals surface area (Å²) in [6.07, 6.45) is 14.2. The van der Waals surface area contributed by atoms with Gasteiger partial charge in [-0.05, 0) is 64.9 Å². The second-order valence-electron chi connectivity index (χ2n) is 13.5. The maximum Gasteiger partial charge on any atom is 0.178 e. The van der Waals surface area contributed by atoms with Gasteiger partial charge in [0.1, 0.15) is 11.4 Å². The minimum absolute atomic E-state index is 0.0691. The van der Waals surface area contributed by atoms with E-state index in [9.17, 15) is 9.59 Å². The zero-order valence-electron chi connectivity index (χ0n) is 28.9. The molecule has 0 atom stereocenters. The molecule has 0 saturated carbocycles. The van der Waals surface area contributed by atoms with Crippen molar-refractivity contribution in [2.45, 2.75) is 5.54 Å². The standard InChI is InChI=1S/C48H30N4O2/c53-36-23-21-31(22-24-36)38-29-40-41(30-39(38)46-49-42(32-13-5-1-6-14-32)43(50-46)33-15-7-2-8-16-33)48(27-25-37(54)26-28-48)52-45(35-19-11-4-12-20-35)44(51-47(40)52)34-17-9-3-10-18-34/h1-30H. The van der Waals surface area contributed by atoms with Gasteiger partial charge in [-0.3, -0.25) is 9.59 Å². The molecule has 254 valence electrons. The lowest BCUT2D eigenvalue weighted by atomic mass is 9.84. The lowest BCUT2D eigenvalue weighted by Gasteiger charge is -2.30. The van der Waals surface area contributed by atoms with Crippen molar-refractivity contribution in [2.24, 2.45) is 9.98 Å². The molecule has 2 aliphatic heterocycles. The lowest BCUT2D eigenvalue weighted by Crippen LogP contribution is -2.34. The number of carbonyl (C=O) groups is 2.